The average molecular weight is 226 g/mol. The lowest BCUT2D eigenvalue weighted by molar-refractivity contribution is 0.145. The van der Waals surface area contributed by atoms with Crippen molar-refractivity contribution in [2.75, 3.05) is 18.0 Å². The first kappa shape index (κ1) is 10.8. The third-order valence-corrected chi connectivity index (χ3v) is 3.20. The monoisotopic (exact) mass is 225 g/mol. The average Bonchev–Trinajstić information content (AvgIpc) is 2.20. The normalized spacial score (nSPS) is 18.2. The molecule has 0 bridgehead atoms. The minimum absolute atomic E-state index is 0.117. The van der Waals surface area contributed by atoms with Crippen molar-refractivity contribution in [2.24, 2.45) is 0 Å². The van der Waals surface area contributed by atoms with Gasteiger partial charge in [0, 0.05) is 23.8 Å². The highest BCUT2D eigenvalue weighted by Gasteiger charge is 2.18. The molecule has 1 aromatic carbocycles. The van der Waals surface area contributed by atoms with Crippen molar-refractivity contribution in [1.82, 2.24) is 0 Å². The zero-order valence-electron chi connectivity index (χ0n) is 8.91. The van der Waals surface area contributed by atoms with E-state index in [2.05, 4.69) is 17.9 Å². The first-order valence-electron chi connectivity index (χ1n) is 5.36. The van der Waals surface area contributed by atoms with Gasteiger partial charge in [0.15, 0.2) is 0 Å². The molecule has 0 unspecified atom stereocenters. The van der Waals surface area contributed by atoms with Crippen molar-refractivity contribution in [3.05, 3.63) is 28.8 Å². The van der Waals surface area contributed by atoms with Gasteiger partial charge in [-0.25, -0.2) is 0 Å². The van der Waals surface area contributed by atoms with Crippen LogP contribution in [0.5, 0.6) is 0 Å². The molecule has 1 fully saturated rings. The van der Waals surface area contributed by atoms with E-state index >= 15 is 0 Å². The first-order chi connectivity index (χ1) is 7.16. The number of halogens is 1. The van der Waals surface area contributed by atoms with Gasteiger partial charge in [-0.05, 0) is 43.5 Å². The number of aliphatic hydroxyl groups is 1. The molecule has 0 atom stereocenters. The molecule has 1 aromatic rings. The molecule has 1 aliphatic heterocycles. The summed E-state index contributed by atoms with van der Waals surface area (Å²) in [6.45, 7) is 3.94. The molecule has 15 heavy (non-hydrogen) atoms. The van der Waals surface area contributed by atoms with Crippen molar-refractivity contribution >= 4 is 17.3 Å². The van der Waals surface area contributed by atoms with Crippen LogP contribution in [0.2, 0.25) is 5.02 Å². The van der Waals surface area contributed by atoms with E-state index in [1.54, 1.807) is 0 Å². The van der Waals surface area contributed by atoms with Gasteiger partial charge < -0.3 is 10.0 Å². The van der Waals surface area contributed by atoms with Gasteiger partial charge in [0.1, 0.15) is 0 Å². The van der Waals surface area contributed by atoms with E-state index in [4.69, 9.17) is 11.6 Å². The zero-order chi connectivity index (χ0) is 10.8. The maximum Gasteiger partial charge on any atom is 0.0574 e. The number of hydrogen-bond donors (Lipinski definition) is 1. The van der Waals surface area contributed by atoms with Gasteiger partial charge in [0.05, 0.1) is 6.10 Å². The fourth-order valence-electron chi connectivity index (χ4n) is 2.08. The Balaban J connectivity index is 2.15. The Morgan fingerprint density at radius 2 is 2.00 bits per heavy atom. The van der Waals surface area contributed by atoms with E-state index in [1.165, 1.54) is 11.3 Å². The molecule has 0 saturated carbocycles. The molecular formula is C12H16ClNO. The number of rotatable bonds is 1. The van der Waals surface area contributed by atoms with E-state index in [0.29, 0.717) is 0 Å². The Morgan fingerprint density at radius 3 is 2.60 bits per heavy atom. The van der Waals surface area contributed by atoms with Gasteiger partial charge >= 0.3 is 0 Å². The highest BCUT2D eigenvalue weighted by Crippen LogP contribution is 2.26. The fourth-order valence-corrected chi connectivity index (χ4v) is 2.31. The first-order valence-corrected chi connectivity index (χ1v) is 5.74. The fraction of sp³-hybridized carbons (Fsp3) is 0.500. The molecule has 1 heterocycles. The van der Waals surface area contributed by atoms with E-state index < -0.39 is 0 Å². The van der Waals surface area contributed by atoms with Crippen molar-refractivity contribution < 1.29 is 5.11 Å². The summed E-state index contributed by atoms with van der Waals surface area (Å²) in [5.41, 5.74) is 2.45. The molecule has 1 saturated heterocycles. The van der Waals surface area contributed by atoms with Crippen LogP contribution in [0.4, 0.5) is 5.69 Å². The molecule has 2 nitrogen and oxygen atoms in total. The van der Waals surface area contributed by atoms with Crippen LogP contribution in [0.15, 0.2) is 18.2 Å². The van der Waals surface area contributed by atoms with Crippen LogP contribution < -0.4 is 4.90 Å². The van der Waals surface area contributed by atoms with Gasteiger partial charge in [-0.1, -0.05) is 11.6 Å². The SMILES string of the molecule is Cc1cc(Cl)ccc1N1CCC(O)CC1. The Morgan fingerprint density at radius 1 is 1.33 bits per heavy atom. The largest absolute Gasteiger partial charge is 0.393 e. The van der Waals surface area contributed by atoms with Gasteiger partial charge in [-0.2, -0.15) is 0 Å². The van der Waals surface area contributed by atoms with E-state index in [-0.39, 0.29) is 6.10 Å². The van der Waals surface area contributed by atoms with Gasteiger partial charge in [0.25, 0.3) is 0 Å². The Kier molecular flexibility index (Phi) is 3.17. The number of benzene rings is 1. The summed E-state index contributed by atoms with van der Waals surface area (Å²) >= 11 is 5.92. The minimum atomic E-state index is -0.117. The van der Waals surface area contributed by atoms with Crippen molar-refractivity contribution in [3.8, 4) is 0 Å². The summed E-state index contributed by atoms with van der Waals surface area (Å²) < 4.78 is 0. The predicted octanol–water partition coefficient (Wildman–Crippen LogP) is 2.61. The summed E-state index contributed by atoms with van der Waals surface area (Å²) in [6.07, 6.45) is 1.61. The molecule has 0 aliphatic carbocycles. The second-order valence-corrected chi connectivity index (χ2v) is 4.59. The number of aryl methyl sites for hydroxylation is 1. The summed E-state index contributed by atoms with van der Waals surface area (Å²) in [4.78, 5) is 2.32. The third-order valence-electron chi connectivity index (χ3n) is 2.96. The molecule has 3 heteroatoms. The highest BCUT2D eigenvalue weighted by molar-refractivity contribution is 6.30. The van der Waals surface area contributed by atoms with Gasteiger partial charge in [0.2, 0.25) is 0 Å². The summed E-state index contributed by atoms with van der Waals surface area (Å²) in [7, 11) is 0. The molecular weight excluding hydrogens is 210 g/mol. The minimum Gasteiger partial charge on any atom is -0.393 e. The van der Waals surface area contributed by atoms with Gasteiger partial charge in [-0.3, -0.25) is 0 Å². The lowest BCUT2D eigenvalue weighted by atomic mass is 10.1. The zero-order valence-corrected chi connectivity index (χ0v) is 9.67. The number of nitrogens with zero attached hydrogens (tertiary/aromatic N) is 1. The Hall–Kier alpha value is -0.730. The lowest BCUT2D eigenvalue weighted by Gasteiger charge is -2.32. The number of anilines is 1. The van der Waals surface area contributed by atoms with E-state index in [9.17, 15) is 5.11 Å². The smallest absolute Gasteiger partial charge is 0.0574 e. The van der Waals surface area contributed by atoms with Crippen molar-refractivity contribution in [2.45, 2.75) is 25.9 Å². The standard InChI is InChI=1S/C12H16ClNO/c1-9-8-10(13)2-3-12(9)14-6-4-11(15)5-7-14/h2-3,8,11,15H,4-7H2,1H3. The lowest BCUT2D eigenvalue weighted by Crippen LogP contribution is -2.36. The third kappa shape index (κ3) is 2.44. The van der Waals surface area contributed by atoms with Gasteiger partial charge in [-0.15, -0.1) is 0 Å². The molecule has 0 aromatic heterocycles. The topological polar surface area (TPSA) is 23.5 Å². The van der Waals surface area contributed by atoms with Crippen LogP contribution in [0.3, 0.4) is 0 Å². The molecule has 2 rings (SSSR count). The second kappa shape index (κ2) is 4.42. The Bertz CT molecular complexity index is 345. The number of hydrogen-bond acceptors (Lipinski definition) is 2. The summed E-state index contributed by atoms with van der Waals surface area (Å²) in [6, 6.07) is 5.98. The molecule has 1 N–H and O–H groups in total. The Labute approximate surface area is 95.5 Å². The summed E-state index contributed by atoms with van der Waals surface area (Å²) in [5, 5.41) is 10.2. The van der Waals surface area contributed by atoms with Crippen LogP contribution in [-0.2, 0) is 0 Å². The molecule has 0 radical (unpaired) electrons. The van der Waals surface area contributed by atoms with E-state index in [0.717, 1.165) is 31.0 Å². The van der Waals surface area contributed by atoms with Crippen molar-refractivity contribution in [1.29, 1.82) is 0 Å². The maximum absolute atomic E-state index is 9.44. The summed E-state index contributed by atoms with van der Waals surface area (Å²) in [5.74, 6) is 0. The molecule has 1 aliphatic rings. The molecule has 0 amide bonds. The molecule has 0 spiro atoms. The van der Waals surface area contributed by atoms with Crippen LogP contribution >= 0.6 is 11.6 Å². The maximum atomic E-state index is 9.44. The predicted molar refractivity (Wildman–Crippen MR) is 63.6 cm³/mol. The van der Waals surface area contributed by atoms with E-state index in [1.807, 2.05) is 12.1 Å². The number of aliphatic hydroxyl groups excluding tert-OH is 1. The highest BCUT2D eigenvalue weighted by atomic mass is 35.5. The van der Waals surface area contributed by atoms with Crippen LogP contribution in [-0.4, -0.2) is 24.3 Å². The second-order valence-electron chi connectivity index (χ2n) is 4.15. The van der Waals surface area contributed by atoms with Crippen molar-refractivity contribution in [3.63, 3.8) is 0 Å². The number of piperidine rings is 1. The van der Waals surface area contributed by atoms with Crippen LogP contribution in [0, 0.1) is 6.92 Å². The van der Waals surface area contributed by atoms with Crippen LogP contribution in [0.25, 0.3) is 0 Å². The quantitative estimate of drug-likeness (QED) is 0.794. The van der Waals surface area contributed by atoms with Crippen LogP contribution in [0.1, 0.15) is 18.4 Å². The molecule has 82 valence electrons.